The standard InChI is InChI=1S/C11H5Cl2F2N3O/c12-8-4-7(16-11(13)17-8)10(19)18-9-5(14)2-1-3-6(9)15/h1-4H,(H,18,19). The number of hydrogen-bond acceptors (Lipinski definition) is 3. The predicted octanol–water partition coefficient (Wildman–Crippen LogP) is 3.31. The summed E-state index contributed by atoms with van der Waals surface area (Å²) >= 11 is 11.1. The van der Waals surface area contributed by atoms with Gasteiger partial charge in [-0.1, -0.05) is 17.7 Å². The Morgan fingerprint density at radius 3 is 2.37 bits per heavy atom. The lowest BCUT2D eigenvalue weighted by Gasteiger charge is -2.07. The number of hydrogen-bond donors (Lipinski definition) is 1. The van der Waals surface area contributed by atoms with E-state index in [2.05, 4.69) is 15.3 Å². The molecule has 98 valence electrons. The van der Waals surface area contributed by atoms with E-state index in [1.54, 1.807) is 0 Å². The Kier molecular flexibility index (Phi) is 3.92. The molecule has 1 heterocycles. The molecular weight excluding hydrogens is 299 g/mol. The molecule has 0 saturated heterocycles. The van der Waals surface area contributed by atoms with E-state index in [0.29, 0.717) is 0 Å². The van der Waals surface area contributed by atoms with Gasteiger partial charge in [0.05, 0.1) is 0 Å². The van der Waals surface area contributed by atoms with Crippen LogP contribution in [0.25, 0.3) is 0 Å². The number of nitrogens with one attached hydrogen (secondary N) is 1. The second kappa shape index (κ2) is 5.46. The fraction of sp³-hybridized carbons (Fsp3) is 0. The highest BCUT2D eigenvalue weighted by atomic mass is 35.5. The Morgan fingerprint density at radius 1 is 1.16 bits per heavy atom. The van der Waals surface area contributed by atoms with Crippen LogP contribution in [-0.2, 0) is 0 Å². The lowest BCUT2D eigenvalue weighted by atomic mass is 10.2. The van der Waals surface area contributed by atoms with Crippen molar-refractivity contribution in [3.05, 3.63) is 52.0 Å². The minimum absolute atomic E-state index is 0.0563. The molecule has 2 rings (SSSR count). The molecule has 0 atom stereocenters. The van der Waals surface area contributed by atoms with Gasteiger partial charge in [-0.3, -0.25) is 4.79 Å². The van der Waals surface area contributed by atoms with Crippen molar-refractivity contribution in [1.29, 1.82) is 0 Å². The van der Waals surface area contributed by atoms with Crippen LogP contribution in [0, 0.1) is 11.6 Å². The number of rotatable bonds is 2. The first-order valence-electron chi connectivity index (χ1n) is 4.93. The number of aromatic nitrogens is 2. The molecule has 19 heavy (non-hydrogen) atoms. The molecule has 0 fully saturated rings. The quantitative estimate of drug-likeness (QED) is 0.684. The molecule has 1 amide bonds. The summed E-state index contributed by atoms with van der Waals surface area (Å²) in [6, 6.07) is 4.33. The molecule has 0 radical (unpaired) electrons. The van der Waals surface area contributed by atoms with Gasteiger partial charge in [-0.15, -0.1) is 0 Å². The number of carbonyl (C=O) groups excluding carboxylic acids is 1. The number of anilines is 1. The monoisotopic (exact) mass is 303 g/mol. The van der Waals surface area contributed by atoms with Crippen LogP contribution < -0.4 is 5.32 Å². The van der Waals surface area contributed by atoms with Gasteiger partial charge < -0.3 is 5.32 Å². The number of amides is 1. The zero-order chi connectivity index (χ0) is 14.0. The van der Waals surface area contributed by atoms with Crippen LogP contribution in [0.15, 0.2) is 24.3 Å². The SMILES string of the molecule is O=C(Nc1c(F)cccc1F)c1cc(Cl)nc(Cl)n1. The van der Waals surface area contributed by atoms with Crippen molar-refractivity contribution < 1.29 is 13.6 Å². The van der Waals surface area contributed by atoms with Crippen molar-refractivity contribution in [2.75, 3.05) is 5.32 Å². The van der Waals surface area contributed by atoms with Gasteiger partial charge in [0, 0.05) is 6.07 Å². The summed E-state index contributed by atoms with van der Waals surface area (Å²) in [5, 5.41) is 1.75. The van der Waals surface area contributed by atoms with Gasteiger partial charge in [0.15, 0.2) is 0 Å². The van der Waals surface area contributed by atoms with E-state index in [-0.39, 0.29) is 16.1 Å². The van der Waals surface area contributed by atoms with Gasteiger partial charge in [0.25, 0.3) is 5.91 Å². The Bertz CT molecular complexity index is 611. The lowest BCUT2D eigenvalue weighted by Crippen LogP contribution is -2.16. The van der Waals surface area contributed by atoms with Gasteiger partial charge in [-0.2, -0.15) is 0 Å². The second-order valence-corrected chi connectivity index (χ2v) is 4.12. The summed E-state index contributed by atoms with van der Waals surface area (Å²) in [7, 11) is 0. The average molecular weight is 304 g/mol. The number of benzene rings is 1. The molecule has 8 heteroatoms. The normalized spacial score (nSPS) is 10.3. The Hall–Kier alpha value is -1.79. The van der Waals surface area contributed by atoms with Crippen LogP contribution in [0.2, 0.25) is 10.4 Å². The highest BCUT2D eigenvalue weighted by molar-refractivity contribution is 6.32. The van der Waals surface area contributed by atoms with E-state index in [4.69, 9.17) is 23.2 Å². The molecular formula is C11H5Cl2F2N3O. The van der Waals surface area contributed by atoms with Crippen molar-refractivity contribution in [2.45, 2.75) is 0 Å². The summed E-state index contributed by atoms with van der Waals surface area (Å²) in [5.41, 5.74) is -0.772. The zero-order valence-electron chi connectivity index (χ0n) is 9.12. The average Bonchev–Trinajstić information content (AvgIpc) is 2.32. The van der Waals surface area contributed by atoms with E-state index in [1.165, 1.54) is 6.07 Å². The van der Waals surface area contributed by atoms with Crippen molar-refractivity contribution in [2.24, 2.45) is 0 Å². The highest BCUT2D eigenvalue weighted by Crippen LogP contribution is 2.19. The summed E-state index contributed by atoms with van der Waals surface area (Å²) in [6.45, 7) is 0. The highest BCUT2D eigenvalue weighted by Gasteiger charge is 2.15. The molecule has 0 aliphatic rings. The number of carbonyl (C=O) groups is 1. The van der Waals surface area contributed by atoms with E-state index >= 15 is 0 Å². The fourth-order valence-electron chi connectivity index (χ4n) is 1.30. The van der Waals surface area contributed by atoms with E-state index in [9.17, 15) is 13.6 Å². The third-order valence-corrected chi connectivity index (χ3v) is 2.46. The van der Waals surface area contributed by atoms with E-state index in [1.807, 2.05) is 0 Å². The topological polar surface area (TPSA) is 54.9 Å². The molecule has 2 aromatic rings. The summed E-state index contributed by atoms with van der Waals surface area (Å²) in [6.07, 6.45) is 0. The summed E-state index contributed by atoms with van der Waals surface area (Å²) in [4.78, 5) is 18.9. The minimum Gasteiger partial charge on any atom is -0.316 e. The number of halogens is 4. The van der Waals surface area contributed by atoms with Crippen LogP contribution >= 0.6 is 23.2 Å². The van der Waals surface area contributed by atoms with Gasteiger partial charge in [-0.05, 0) is 23.7 Å². The maximum absolute atomic E-state index is 13.3. The minimum atomic E-state index is -0.903. The van der Waals surface area contributed by atoms with Crippen molar-refractivity contribution in [1.82, 2.24) is 9.97 Å². The van der Waals surface area contributed by atoms with Crippen molar-refractivity contribution in [3.8, 4) is 0 Å². The fourth-order valence-corrected chi connectivity index (χ4v) is 1.71. The van der Waals surface area contributed by atoms with Gasteiger partial charge in [0.1, 0.15) is 28.2 Å². The van der Waals surface area contributed by atoms with Gasteiger partial charge in [0.2, 0.25) is 5.28 Å². The summed E-state index contributed by atoms with van der Waals surface area (Å²) in [5.74, 6) is -2.66. The zero-order valence-corrected chi connectivity index (χ0v) is 10.6. The molecule has 0 unspecified atom stereocenters. The Balaban J connectivity index is 2.31. The van der Waals surface area contributed by atoms with E-state index < -0.39 is 23.2 Å². The van der Waals surface area contributed by atoms with Crippen molar-refractivity contribution in [3.63, 3.8) is 0 Å². The van der Waals surface area contributed by atoms with Gasteiger partial charge >= 0.3 is 0 Å². The molecule has 0 bridgehead atoms. The predicted molar refractivity (Wildman–Crippen MR) is 66.4 cm³/mol. The molecule has 1 N–H and O–H groups in total. The first kappa shape index (κ1) is 13.6. The van der Waals surface area contributed by atoms with Crippen LogP contribution in [0.4, 0.5) is 14.5 Å². The molecule has 0 aliphatic heterocycles. The van der Waals surface area contributed by atoms with Crippen molar-refractivity contribution >= 4 is 34.8 Å². The molecule has 4 nitrogen and oxygen atoms in total. The third-order valence-electron chi connectivity index (χ3n) is 2.10. The largest absolute Gasteiger partial charge is 0.316 e. The third kappa shape index (κ3) is 3.15. The van der Waals surface area contributed by atoms with E-state index in [0.717, 1.165) is 18.2 Å². The molecule has 1 aromatic heterocycles. The van der Waals surface area contributed by atoms with Crippen LogP contribution in [0.5, 0.6) is 0 Å². The van der Waals surface area contributed by atoms with Crippen LogP contribution in [0.3, 0.4) is 0 Å². The first-order valence-corrected chi connectivity index (χ1v) is 5.68. The maximum atomic E-state index is 13.3. The second-order valence-electron chi connectivity index (χ2n) is 3.40. The molecule has 0 aliphatic carbocycles. The first-order chi connectivity index (χ1) is 8.97. The maximum Gasteiger partial charge on any atom is 0.274 e. The van der Waals surface area contributed by atoms with Gasteiger partial charge in [-0.25, -0.2) is 18.7 Å². The van der Waals surface area contributed by atoms with Crippen LogP contribution in [0.1, 0.15) is 10.5 Å². The molecule has 1 aromatic carbocycles. The lowest BCUT2D eigenvalue weighted by molar-refractivity contribution is 0.102. The number of nitrogens with zero attached hydrogens (tertiary/aromatic N) is 2. The Labute approximate surface area is 116 Å². The molecule has 0 spiro atoms. The summed E-state index contributed by atoms with van der Waals surface area (Å²) < 4.78 is 26.7. The van der Waals surface area contributed by atoms with Crippen LogP contribution in [-0.4, -0.2) is 15.9 Å². The molecule has 0 saturated carbocycles. The smallest absolute Gasteiger partial charge is 0.274 e. The number of para-hydroxylation sites is 1. The Morgan fingerprint density at radius 2 is 1.79 bits per heavy atom.